The molecule has 0 unspecified atom stereocenters. The normalized spacial score (nSPS) is 14.5. The van der Waals surface area contributed by atoms with Crippen LogP contribution >= 0.6 is 0 Å². The first-order valence-corrected chi connectivity index (χ1v) is 9.68. The highest BCUT2D eigenvalue weighted by Crippen LogP contribution is 2.20. The molecule has 0 aromatic heterocycles. The summed E-state index contributed by atoms with van der Waals surface area (Å²) < 4.78 is 12.9. The Hall–Kier alpha value is -2.89. The highest BCUT2D eigenvalue weighted by Gasteiger charge is 2.24. The van der Waals surface area contributed by atoms with Gasteiger partial charge in [-0.3, -0.25) is 4.79 Å². The molecule has 0 spiro atoms. The molecular formula is C22H26FN3O2. The van der Waals surface area contributed by atoms with Gasteiger partial charge in [0.15, 0.2) is 0 Å². The highest BCUT2D eigenvalue weighted by atomic mass is 19.1. The van der Waals surface area contributed by atoms with E-state index in [0.29, 0.717) is 32.6 Å². The van der Waals surface area contributed by atoms with Crippen molar-refractivity contribution >= 4 is 11.9 Å². The number of likely N-dealkylation sites (tertiary alicyclic amines) is 1. The van der Waals surface area contributed by atoms with Gasteiger partial charge in [0, 0.05) is 32.6 Å². The van der Waals surface area contributed by atoms with Crippen molar-refractivity contribution in [3.8, 4) is 0 Å². The minimum atomic E-state index is -0.283. The number of hydrogen-bond acceptors (Lipinski definition) is 2. The summed E-state index contributed by atoms with van der Waals surface area (Å²) in [6.07, 6.45) is 2.10. The molecule has 5 nitrogen and oxygen atoms in total. The molecule has 1 heterocycles. The molecule has 0 bridgehead atoms. The zero-order valence-electron chi connectivity index (χ0n) is 15.9. The molecule has 6 heteroatoms. The van der Waals surface area contributed by atoms with Crippen LogP contribution in [-0.4, -0.2) is 29.9 Å². The van der Waals surface area contributed by atoms with E-state index in [2.05, 4.69) is 10.6 Å². The van der Waals surface area contributed by atoms with Gasteiger partial charge >= 0.3 is 6.03 Å². The highest BCUT2D eigenvalue weighted by molar-refractivity contribution is 5.76. The van der Waals surface area contributed by atoms with Crippen LogP contribution in [0.1, 0.15) is 30.4 Å². The van der Waals surface area contributed by atoms with Crippen LogP contribution in [0, 0.1) is 11.7 Å². The second-order valence-corrected chi connectivity index (χ2v) is 7.18. The number of benzene rings is 2. The van der Waals surface area contributed by atoms with E-state index in [-0.39, 0.29) is 23.7 Å². The third-order valence-corrected chi connectivity index (χ3v) is 5.07. The summed E-state index contributed by atoms with van der Waals surface area (Å²) in [6.45, 7) is 2.25. The number of nitrogens with one attached hydrogen (secondary N) is 2. The van der Waals surface area contributed by atoms with Crippen LogP contribution in [0.15, 0.2) is 54.6 Å². The monoisotopic (exact) mass is 383 g/mol. The van der Waals surface area contributed by atoms with Crippen molar-refractivity contribution in [3.63, 3.8) is 0 Å². The predicted molar refractivity (Wildman–Crippen MR) is 106 cm³/mol. The van der Waals surface area contributed by atoms with Crippen LogP contribution in [0.3, 0.4) is 0 Å². The number of hydrogen-bond donors (Lipinski definition) is 2. The fourth-order valence-corrected chi connectivity index (χ4v) is 3.36. The lowest BCUT2D eigenvalue weighted by atomic mass is 9.93. The smallest absolute Gasteiger partial charge is 0.317 e. The lowest BCUT2D eigenvalue weighted by Gasteiger charge is -2.31. The van der Waals surface area contributed by atoms with Gasteiger partial charge in [0.2, 0.25) is 5.91 Å². The third-order valence-electron chi connectivity index (χ3n) is 5.07. The van der Waals surface area contributed by atoms with Gasteiger partial charge in [-0.1, -0.05) is 42.5 Å². The Bertz CT molecular complexity index is 772. The Kier molecular flexibility index (Phi) is 7.00. The third kappa shape index (κ3) is 6.08. The van der Waals surface area contributed by atoms with Crippen molar-refractivity contribution in [2.45, 2.75) is 32.4 Å². The number of amides is 3. The van der Waals surface area contributed by atoms with Crippen molar-refractivity contribution in [1.82, 2.24) is 15.5 Å². The summed E-state index contributed by atoms with van der Waals surface area (Å²) in [5.74, 6) is -0.00247. The molecule has 0 saturated carbocycles. The zero-order chi connectivity index (χ0) is 19.8. The molecule has 2 aromatic carbocycles. The lowest BCUT2D eigenvalue weighted by Crippen LogP contribution is -2.44. The van der Waals surface area contributed by atoms with E-state index < -0.39 is 0 Å². The Morgan fingerprint density at radius 1 is 0.893 bits per heavy atom. The summed E-state index contributed by atoms with van der Waals surface area (Å²) in [6, 6.07) is 15.9. The van der Waals surface area contributed by atoms with Crippen LogP contribution in [0.4, 0.5) is 9.18 Å². The summed E-state index contributed by atoms with van der Waals surface area (Å²) in [5.41, 5.74) is 1.95. The molecule has 1 aliphatic heterocycles. The van der Waals surface area contributed by atoms with Crippen LogP contribution in [0.5, 0.6) is 0 Å². The Labute approximate surface area is 164 Å². The molecular weight excluding hydrogens is 357 g/mol. The van der Waals surface area contributed by atoms with Crippen LogP contribution in [0.2, 0.25) is 0 Å². The number of carbonyl (C=O) groups is 2. The lowest BCUT2D eigenvalue weighted by molar-refractivity contribution is -0.122. The summed E-state index contributed by atoms with van der Waals surface area (Å²) in [4.78, 5) is 26.3. The number of nitrogens with zero attached hydrogens (tertiary/aromatic N) is 1. The van der Waals surface area contributed by atoms with Crippen LogP contribution in [0.25, 0.3) is 0 Å². The minimum Gasteiger partial charge on any atom is -0.352 e. The Balaban J connectivity index is 1.34. The van der Waals surface area contributed by atoms with Gasteiger partial charge in [-0.2, -0.15) is 0 Å². The van der Waals surface area contributed by atoms with Crippen molar-refractivity contribution in [2.75, 3.05) is 13.1 Å². The maximum atomic E-state index is 12.9. The average molecular weight is 383 g/mol. The van der Waals surface area contributed by atoms with Gasteiger partial charge in [-0.15, -0.1) is 0 Å². The molecule has 2 aromatic rings. The van der Waals surface area contributed by atoms with Gasteiger partial charge in [-0.05, 0) is 42.0 Å². The van der Waals surface area contributed by atoms with Gasteiger partial charge in [0.05, 0.1) is 0 Å². The molecule has 0 radical (unpaired) electrons. The van der Waals surface area contributed by atoms with Gasteiger partial charge in [-0.25, -0.2) is 9.18 Å². The van der Waals surface area contributed by atoms with Crippen molar-refractivity contribution in [3.05, 3.63) is 71.5 Å². The Morgan fingerprint density at radius 3 is 2.18 bits per heavy atom. The van der Waals surface area contributed by atoms with E-state index in [9.17, 15) is 14.0 Å². The SMILES string of the molecule is O=C(CC1CCN(C(=O)NCc2ccccc2)CC1)NCc1ccc(F)cc1. The maximum absolute atomic E-state index is 12.9. The maximum Gasteiger partial charge on any atom is 0.317 e. The number of halogens is 1. The minimum absolute atomic E-state index is 0.00342. The fraction of sp³-hybridized carbons (Fsp3) is 0.364. The van der Waals surface area contributed by atoms with E-state index in [0.717, 1.165) is 24.0 Å². The molecule has 28 heavy (non-hydrogen) atoms. The molecule has 0 aliphatic carbocycles. The zero-order valence-corrected chi connectivity index (χ0v) is 15.9. The quantitative estimate of drug-likeness (QED) is 0.803. The van der Waals surface area contributed by atoms with E-state index in [1.165, 1.54) is 12.1 Å². The van der Waals surface area contributed by atoms with Gasteiger partial charge < -0.3 is 15.5 Å². The van der Waals surface area contributed by atoms with E-state index in [1.54, 1.807) is 12.1 Å². The summed E-state index contributed by atoms with van der Waals surface area (Å²) in [5, 5.41) is 5.83. The fourth-order valence-electron chi connectivity index (χ4n) is 3.36. The Morgan fingerprint density at radius 2 is 1.50 bits per heavy atom. The number of piperidine rings is 1. The average Bonchev–Trinajstić information content (AvgIpc) is 2.73. The second kappa shape index (κ2) is 9.88. The van der Waals surface area contributed by atoms with Gasteiger partial charge in [0.25, 0.3) is 0 Å². The molecule has 2 N–H and O–H groups in total. The second-order valence-electron chi connectivity index (χ2n) is 7.18. The van der Waals surface area contributed by atoms with E-state index in [1.807, 2.05) is 35.2 Å². The first-order valence-electron chi connectivity index (χ1n) is 9.68. The largest absolute Gasteiger partial charge is 0.352 e. The number of carbonyl (C=O) groups excluding carboxylic acids is 2. The molecule has 148 valence electrons. The van der Waals surface area contributed by atoms with Crippen LogP contribution < -0.4 is 10.6 Å². The van der Waals surface area contributed by atoms with E-state index in [4.69, 9.17) is 0 Å². The molecule has 1 aliphatic rings. The van der Waals surface area contributed by atoms with Crippen molar-refractivity contribution < 1.29 is 14.0 Å². The molecule has 3 amide bonds. The van der Waals surface area contributed by atoms with Crippen LogP contribution in [-0.2, 0) is 17.9 Å². The topological polar surface area (TPSA) is 61.4 Å². The first kappa shape index (κ1) is 19.9. The summed E-state index contributed by atoms with van der Waals surface area (Å²) in [7, 11) is 0. The molecule has 3 rings (SSSR count). The first-order chi connectivity index (χ1) is 13.6. The van der Waals surface area contributed by atoms with Gasteiger partial charge in [0.1, 0.15) is 5.82 Å². The van der Waals surface area contributed by atoms with Crippen molar-refractivity contribution in [1.29, 1.82) is 0 Å². The standard InChI is InChI=1S/C22H26FN3O2/c23-20-8-6-19(7-9-20)15-24-21(27)14-17-10-12-26(13-11-17)22(28)25-16-18-4-2-1-3-5-18/h1-9,17H,10-16H2,(H,24,27)(H,25,28). The molecule has 1 saturated heterocycles. The number of urea groups is 1. The predicted octanol–water partition coefficient (Wildman–Crippen LogP) is 3.45. The van der Waals surface area contributed by atoms with Crippen molar-refractivity contribution in [2.24, 2.45) is 5.92 Å². The van der Waals surface area contributed by atoms with E-state index >= 15 is 0 Å². The molecule has 1 fully saturated rings. The number of rotatable bonds is 6. The summed E-state index contributed by atoms with van der Waals surface area (Å²) >= 11 is 0. The molecule has 0 atom stereocenters.